The van der Waals surface area contributed by atoms with E-state index in [0.717, 1.165) is 30.1 Å². The van der Waals surface area contributed by atoms with Crippen LogP contribution in [0.1, 0.15) is 57.9 Å². The molecule has 5 nitrogen and oxygen atoms in total. The van der Waals surface area contributed by atoms with E-state index in [1.165, 1.54) is 37.8 Å². The summed E-state index contributed by atoms with van der Waals surface area (Å²) in [5.41, 5.74) is 3.18. The SMILES string of the molecule is Br.CCCCCCCCOc1ccc(OCC(=O)Nc2cccc(CN3CSC=C3C)c2)cc1Cl. The van der Waals surface area contributed by atoms with Gasteiger partial charge in [0.05, 0.1) is 17.5 Å². The fraction of sp³-hybridized carbons (Fsp3) is 0.444. The molecule has 0 saturated carbocycles. The first-order chi connectivity index (χ1) is 16.5. The lowest BCUT2D eigenvalue weighted by atomic mass is 10.1. The van der Waals surface area contributed by atoms with Gasteiger partial charge in [0.1, 0.15) is 11.5 Å². The Hall–Kier alpha value is -1.83. The summed E-state index contributed by atoms with van der Waals surface area (Å²) in [7, 11) is 0. The molecular formula is C27H36BrClN2O3S. The smallest absolute Gasteiger partial charge is 0.262 e. The number of rotatable bonds is 14. The Morgan fingerprint density at radius 1 is 1.09 bits per heavy atom. The summed E-state index contributed by atoms with van der Waals surface area (Å²) in [6.45, 7) is 5.71. The monoisotopic (exact) mass is 582 g/mol. The van der Waals surface area contributed by atoms with Gasteiger partial charge in [-0.25, -0.2) is 0 Å². The molecule has 1 aliphatic rings. The molecule has 3 rings (SSSR count). The third kappa shape index (κ3) is 10.4. The molecule has 2 aromatic carbocycles. The van der Waals surface area contributed by atoms with Gasteiger partial charge in [0.2, 0.25) is 0 Å². The summed E-state index contributed by atoms with van der Waals surface area (Å²) in [6.07, 6.45) is 7.29. The maximum absolute atomic E-state index is 12.4. The van der Waals surface area contributed by atoms with Gasteiger partial charge in [-0.1, -0.05) is 62.8 Å². The minimum Gasteiger partial charge on any atom is -0.492 e. The zero-order valence-electron chi connectivity index (χ0n) is 20.6. The highest BCUT2D eigenvalue weighted by molar-refractivity contribution is 8.93. The van der Waals surface area contributed by atoms with Gasteiger partial charge >= 0.3 is 0 Å². The average Bonchev–Trinajstić information content (AvgIpc) is 3.22. The quantitative estimate of drug-likeness (QED) is 0.228. The van der Waals surface area contributed by atoms with Crippen molar-refractivity contribution in [3.05, 3.63) is 64.2 Å². The highest BCUT2D eigenvalue weighted by Gasteiger charge is 2.12. The summed E-state index contributed by atoms with van der Waals surface area (Å²) in [5, 5.41) is 5.56. The van der Waals surface area contributed by atoms with Crippen molar-refractivity contribution in [2.45, 2.75) is 58.9 Å². The second-order valence-electron chi connectivity index (χ2n) is 8.50. The minimum atomic E-state index is -0.218. The largest absolute Gasteiger partial charge is 0.492 e. The van der Waals surface area contributed by atoms with Crippen LogP contribution >= 0.6 is 40.3 Å². The third-order valence-corrected chi connectivity index (χ3v) is 6.86. The van der Waals surface area contributed by atoms with E-state index >= 15 is 0 Å². The molecule has 0 unspecified atom stereocenters. The van der Waals surface area contributed by atoms with E-state index < -0.39 is 0 Å². The number of thioether (sulfide) groups is 1. The fourth-order valence-electron chi connectivity index (χ4n) is 3.66. The number of ether oxygens (including phenoxy) is 2. The van der Waals surface area contributed by atoms with Crippen LogP contribution in [0.25, 0.3) is 0 Å². The van der Waals surface area contributed by atoms with Crippen LogP contribution in [-0.2, 0) is 11.3 Å². The van der Waals surface area contributed by atoms with Gasteiger partial charge in [-0.15, -0.1) is 28.7 Å². The normalized spacial score (nSPS) is 12.7. The van der Waals surface area contributed by atoms with Crippen molar-refractivity contribution in [3.63, 3.8) is 0 Å². The Morgan fingerprint density at radius 3 is 2.63 bits per heavy atom. The molecule has 0 aromatic heterocycles. The predicted octanol–water partition coefficient (Wildman–Crippen LogP) is 8.04. The molecule has 1 aliphatic heterocycles. The van der Waals surface area contributed by atoms with E-state index in [1.807, 2.05) is 18.2 Å². The van der Waals surface area contributed by atoms with Crippen LogP contribution in [-0.4, -0.2) is 29.9 Å². The molecule has 1 N–H and O–H groups in total. The first kappa shape index (κ1) is 29.4. The van der Waals surface area contributed by atoms with Gasteiger partial charge in [-0.05, 0) is 48.6 Å². The van der Waals surface area contributed by atoms with Gasteiger partial charge in [0, 0.05) is 24.0 Å². The molecule has 0 spiro atoms. The topological polar surface area (TPSA) is 50.8 Å². The Labute approximate surface area is 229 Å². The van der Waals surface area contributed by atoms with Crippen molar-refractivity contribution in [2.75, 3.05) is 24.4 Å². The van der Waals surface area contributed by atoms with E-state index in [4.69, 9.17) is 21.1 Å². The van der Waals surface area contributed by atoms with Crippen LogP contribution in [0.4, 0.5) is 5.69 Å². The third-order valence-electron chi connectivity index (χ3n) is 5.60. The summed E-state index contributed by atoms with van der Waals surface area (Å²) in [6, 6.07) is 13.2. The Bertz CT molecular complexity index is 973. The van der Waals surface area contributed by atoms with E-state index in [-0.39, 0.29) is 29.5 Å². The molecule has 35 heavy (non-hydrogen) atoms. The molecule has 1 amide bonds. The van der Waals surface area contributed by atoms with Crippen molar-refractivity contribution in [3.8, 4) is 11.5 Å². The van der Waals surface area contributed by atoms with Crippen molar-refractivity contribution >= 4 is 51.9 Å². The Balaban J connectivity index is 0.00000432. The van der Waals surface area contributed by atoms with Crippen LogP contribution in [0, 0.1) is 0 Å². The molecule has 0 bridgehead atoms. The molecule has 0 atom stereocenters. The average molecular weight is 584 g/mol. The van der Waals surface area contributed by atoms with Gasteiger partial charge in [0.15, 0.2) is 6.61 Å². The number of amides is 1. The lowest BCUT2D eigenvalue weighted by Crippen LogP contribution is -2.20. The van der Waals surface area contributed by atoms with Gasteiger partial charge < -0.3 is 19.7 Å². The Morgan fingerprint density at radius 2 is 1.89 bits per heavy atom. The maximum Gasteiger partial charge on any atom is 0.262 e. The van der Waals surface area contributed by atoms with Crippen molar-refractivity contribution in [2.24, 2.45) is 0 Å². The number of carbonyl (C=O) groups excluding carboxylic acids is 1. The van der Waals surface area contributed by atoms with Gasteiger partial charge in [-0.2, -0.15) is 0 Å². The van der Waals surface area contributed by atoms with Crippen LogP contribution in [0.3, 0.4) is 0 Å². The number of anilines is 1. The number of benzene rings is 2. The fourth-order valence-corrected chi connectivity index (χ4v) is 4.83. The number of carbonyl (C=O) groups is 1. The minimum absolute atomic E-state index is 0. The van der Waals surface area contributed by atoms with E-state index in [0.29, 0.717) is 23.1 Å². The molecule has 8 heteroatoms. The van der Waals surface area contributed by atoms with Crippen LogP contribution in [0.5, 0.6) is 11.5 Å². The molecule has 0 saturated heterocycles. The number of hydrogen-bond acceptors (Lipinski definition) is 5. The molecular weight excluding hydrogens is 548 g/mol. The maximum atomic E-state index is 12.4. The summed E-state index contributed by atoms with van der Waals surface area (Å²) in [4.78, 5) is 14.7. The molecule has 0 fully saturated rings. The van der Waals surface area contributed by atoms with Gasteiger partial charge in [0.25, 0.3) is 5.91 Å². The molecule has 0 aliphatic carbocycles. The second-order valence-corrected chi connectivity index (χ2v) is 9.73. The number of halogens is 2. The summed E-state index contributed by atoms with van der Waals surface area (Å²) >= 11 is 8.14. The molecule has 2 aromatic rings. The van der Waals surface area contributed by atoms with Crippen molar-refractivity contribution in [1.29, 1.82) is 0 Å². The number of nitrogens with one attached hydrogen (secondary N) is 1. The highest BCUT2D eigenvalue weighted by Crippen LogP contribution is 2.29. The molecule has 1 heterocycles. The highest BCUT2D eigenvalue weighted by atomic mass is 79.9. The first-order valence-electron chi connectivity index (χ1n) is 12.0. The molecule has 0 radical (unpaired) electrons. The summed E-state index contributed by atoms with van der Waals surface area (Å²) < 4.78 is 11.4. The van der Waals surface area contributed by atoms with Crippen molar-refractivity contribution < 1.29 is 14.3 Å². The number of unbranched alkanes of at least 4 members (excludes halogenated alkanes) is 5. The summed E-state index contributed by atoms with van der Waals surface area (Å²) in [5.74, 6) is 1.92. The zero-order valence-corrected chi connectivity index (χ0v) is 23.8. The first-order valence-corrected chi connectivity index (χ1v) is 13.4. The number of allylic oxidation sites excluding steroid dienone is 1. The van der Waals surface area contributed by atoms with Crippen LogP contribution in [0.2, 0.25) is 5.02 Å². The van der Waals surface area contributed by atoms with E-state index in [2.05, 4.69) is 35.5 Å². The predicted molar refractivity (Wildman–Crippen MR) is 153 cm³/mol. The van der Waals surface area contributed by atoms with E-state index in [1.54, 1.807) is 30.0 Å². The van der Waals surface area contributed by atoms with Crippen LogP contribution in [0.15, 0.2) is 53.6 Å². The Kier molecular flexibility index (Phi) is 13.5. The van der Waals surface area contributed by atoms with Crippen LogP contribution < -0.4 is 14.8 Å². The van der Waals surface area contributed by atoms with Crippen molar-refractivity contribution in [1.82, 2.24) is 4.90 Å². The zero-order chi connectivity index (χ0) is 24.2. The lowest BCUT2D eigenvalue weighted by Gasteiger charge is -2.19. The number of hydrogen-bond donors (Lipinski definition) is 1. The standard InChI is InChI=1S/C27H35ClN2O3S.BrH/c1-3-4-5-6-7-8-14-32-26-13-12-24(16-25(26)28)33-18-27(31)29-23-11-9-10-22(15-23)17-30-20-34-19-21(30)2;/h9-13,15-16,19H,3-8,14,17-18,20H2,1-2H3,(H,29,31);1H. The number of nitrogens with zero attached hydrogens (tertiary/aromatic N) is 1. The molecule has 192 valence electrons. The second kappa shape index (κ2) is 16.0. The lowest BCUT2D eigenvalue weighted by molar-refractivity contribution is -0.118. The van der Waals surface area contributed by atoms with E-state index in [9.17, 15) is 4.79 Å². The van der Waals surface area contributed by atoms with Gasteiger partial charge in [-0.3, -0.25) is 4.79 Å².